The maximum Gasteiger partial charge on any atom is 0.410 e. The number of rotatable bonds is 2. The average molecular weight is 254 g/mol. The number of amides is 2. The molecule has 1 aliphatic carbocycles. The molecular formula is C13H22N2O3. The molecule has 18 heavy (non-hydrogen) atoms. The van der Waals surface area contributed by atoms with Gasteiger partial charge in [0.15, 0.2) is 0 Å². The number of carbonyl (C=O) groups is 2. The van der Waals surface area contributed by atoms with Gasteiger partial charge in [-0.3, -0.25) is 4.79 Å². The van der Waals surface area contributed by atoms with Crippen molar-refractivity contribution in [1.82, 2.24) is 10.2 Å². The van der Waals surface area contributed by atoms with Crippen LogP contribution in [-0.2, 0) is 9.53 Å². The molecule has 102 valence electrons. The van der Waals surface area contributed by atoms with Crippen molar-refractivity contribution < 1.29 is 14.3 Å². The Morgan fingerprint density at radius 1 is 1.17 bits per heavy atom. The first-order chi connectivity index (χ1) is 8.70. The first kappa shape index (κ1) is 13.2. The highest BCUT2D eigenvalue weighted by Gasteiger charge is 2.30. The molecule has 1 N–H and O–H groups in total. The molecule has 1 saturated heterocycles. The fraction of sp³-hybridized carbons (Fsp3) is 0.846. The lowest BCUT2D eigenvalue weighted by Crippen LogP contribution is -2.45. The third-order valence-corrected chi connectivity index (χ3v) is 3.87. The summed E-state index contributed by atoms with van der Waals surface area (Å²) in [4.78, 5) is 25.3. The number of nitrogens with one attached hydrogen (secondary N) is 1. The molecule has 0 spiro atoms. The van der Waals surface area contributed by atoms with Crippen molar-refractivity contribution in [3.63, 3.8) is 0 Å². The van der Waals surface area contributed by atoms with Gasteiger partial charge >= 0.3 is 6.09 Å². The van der Waals surface area contributed by atoms with Crippen LogP contribution >= 0.6 is 0 Å². The molecule has 0 radical (unpaired) electrons. The van der Waals surface area contributed by atoms with Gasteiger partial charge in [0.05, 0.1) is 5.92 Å². The number of piperidine rings is 1. The highest BCUT2D eigenvalue weighted by atomic mass is 16.6. The smallest absolute Gasteiger partial charge is 0.410 e. The van der Waals surface area contributed by atoms with Gasteiger partial charge in [-0.2, -0.15) is 0 Å². The molecule has 2 aliphatic rings. The van der Waals surface area contributed by atoms with E-state index >= 15 is 0 Å². The predicted octanol–water partition coefficient (Wildman–Crippen LogP) is 1.52. The van der Waals surface area contributed by atoms with Crippen LogP contribution in [0.4, 0.5) is 4.79 Å². The van der Waals surface area contributed by atoms with Crippen LogP contribution in [-0.4, -0.2) is 43.1 Å². The van der Waals surface area contributed by atoms with Crippen molar-refractivity contribution in [2.45, 2.75) is 44.6 Å². The number of carbonyl (C=O) groups excluding carboxylic acids is 2. The topological polar surface area (TPSA) is 58.6 Å². The molecule has 0 bridgehead atoms. The zero-order valence-electron chi connectivity index (χ0n) is 11.0. The van der Waals surface area contributed by atoms with Crippen LogP contribution < -0.4 is 5.32 Å². The lowest BCUT2D eigenvalue weighted by molar-refractivity contribution is -0.125. The van der Waals surface area contributed by atoms with E-state index < -0.39 is 0 Å². The van der Waals surface area contributed by atoms with Crippen molar-refractivity contribution in [1.29, 1.82) is 0 Å². The Bertz CT molecular complexity index is 313. The molecule has 2 fully saturated rings. The van der Waals surface area contributed by atoms with Gasteiger partial charge in [0.2, 0.25) is 5.91 Å². The summed E-state index contributed by atoms with van der Waals surface area (Å²) >= 11 is 0. The van der Waals surface area contributed by atoms with Gasteiger partial charge in [0.25, 0.3) is 0 Å². The first-order valence-electron chi connectivity index (χ1n) is 6.88. The van der Waals surface area contributed by atoms with Crippen molar-refractivity contribution in [3.8, 4) is 0 Å². The molecule has 0 aromatic carbocycles. The van der Waals surface area contributed by atoms with E-state index in [4.69, 9.17) is 4.74 Å². The van der Waals surface area contributed by atoms with Crippen LogP contribution in [0.25, 0.3) is 0 Å². The van der Waals surface area contributed by atoms with Gasteiger partial charge in [-0.15, -0.1) is 0 Å². The molecule has 2 amide bonds. The Labute approximate surface area is 108 Å². The summed E-state index contributed by atoms with van der Waals surface area (Å²) in [5.74, 6) is -0.0618. The maximum absolute atomic E-state index is 12.0. The largest absolute Gasteiger partial charge is 0.446 e. The number of hydrogen-bond acceptors (Lipinski definition) is 3. The molecule has 5 nitrogen and oxygen atoms in total. The van der Waals surface area contributed by atoms with Gasteiger partial charge in [-0.05, 0) is 38.5 Å². The minimum atomic E-state index is -0.240. The van der Waals surface area contributed by atoms with Gasteiger partial charge < -0.3 is 15.0 Å². The molecule has 2 rings (SSSR count). The average Bonchev–Trinajstić information content (AvgIpc) is 2.90. The van der Waals surface area contributed by atoms with Crippen LogP contribution in [0.5, 0.6) is 0 Å². The summed E-state index contributed by atoms with van der Waals surface area (Å²) in [6.45, 7) is 1.20. The van der Waals surface area contributed by atoms with E-state index in [1.165, 1.54) is 0 Å². The second-order valence-corrected chi connectivity index (χ2v) is 5.19. The van der Waals surface area contributed by atoms with E-state index in [1.807, 2.05) is 0 Å². The van der Waals surface area contributed by atoms with Crippen LogP contribution in [0, 0.1) is 5.92 Å². The van der Waals surface area contributed by atoms with Gasteiger partial charge in [-0.25, -0.2) is 4.79 Å². The number of likely N-dealkylation sites (tertiary alicyclic amines) is 1. The zero-order valence-corrected chi connectivity index (χ0v) is 11.0. The fourth-order valence-corrected chi connectivity index (χ4v) is 2.78. The molecular weight excluding hydrogens is 232 g/mol. The van der Waals surface area contributed by atoms with Crippen LogP contribution in [0.15, 0.2) is 0 Å². The molecule has 1 heterocycles. The highest BCUT2D eigenvalue weighted by Crippen LogP contribution is 2.23. The van der Waals surface area contributed by atoms with E-state index in [2.05, 4.69) is 5.32 Å². The summed E-state index contributed by atoms with van der Waals surface area (Å²) in [6.07, 6.45) is 5.85. The fourth-order valence-electron chi connectivity index (χ4n) is 2.78. The Kier molecular flexibility index (Phi) is 4.44. The lowest BCUT2D eigenvalue weighted by Gasteiger charge is -2.31. The number of ether oxygens (including phenoxy) is 1. The van der Waals surface area contributed by atoms with Gasteiger partial charge in [0.1, 0.15) is 6.10 Å². The number of hydrogen-bond donors (Lipinski definition) is 1. The quantitative estimate of drug-likeness (QED) is 0.813. The summed E-state index contributed by atoms with van der Waals surface area (Å²) in [7, 11) is 1.64. The predicted molar refractivity (Wildman–Crippen MR) is 67.1 cm³/mol. The highest BCUT2D eigenvalue weighted by molar-refractivity contribution is 5.79. The molecule has 0 aromatic rings. The Morgan fingerprint density at radius 3 is 2.56 bits per heavy atom. The van der Waals surface area contributed by atoms with E-state index in [1.54, 1.807) is 11.9 Å². The Balaban J connectivity index is 1.83. The normalized spacial score (nSPS) is 24.9. The number of nitrogens with zero attached hydrogens (tertiary/aromatic N) is 1. The van der Waals surface area contributed by atoms with Gasteiger partial charge in [-0.1, -0.05) is 0 Å². The molecule has 1 aliphatic heterocycles. The van der Waals surface area contributed by atoms with E-state index in [-0.39, 0.29) is 24.0 Å². The molecule has 1 atom stereocenters. The van der Waals surface area contributed by atoms with E-state index in [0.29, 0.717) is 13.1 Å². The second kappa shape index (κ2) is 6.07. The third kappa shape index (κ3) is 3.15. The first-order valence-corrected chi connectivity index (χ1v) is 6.88. The van der Waals surface area contributed by atoms with Crippen molar-refractivity contribution in [2.24, 2.45) is 5.92 Å². The van der Waals surface area contributed by atoms with Crippen molar-refractivity contribution in [2.75, 3.05) is 20.1 Å². The monoisotopic (exact) mass is 254 g/mol. The standard InChI is InChI=1S/C13H22N2O3/c1-14-12(16)10-5-4-8-15(9-10)13(17)18-11-6-2-3-7-11/h10-11H,2-9H2,1H3,(H,14,16). The summed E-state index contributed by atoms with van der Waals surface area (Å²) in [6, 6.07) is 0. The molecule has 1 unspecified atom stereocenters. The molecule has 5 heteroatoms. The Hall–Kier alpha value is -1.26. The molecule has 0 aromatic heterocycles. The maximum atomic E-state index is 12.0. The summed E-state index contributed by atoms with van der Waals surface area (Å²) in [5.41, 5.74) is 0. The van der Waals surface area contributed by atoms with Crippen molar-refractivity contribution in [3.05, 3.63) is 0 Å². The van der Waals surface area contributed by atoms with Gasteiger partial charge in [0, 0.05) is 20.1 Å². The lowest BCUT2D eigenvalue weighted by atomic mass is 9.97. The minimum Gasteiger partial charge on any atom is -0.446 e. The summed E-state index contributed by atoms with van der Waals surface area (Å²) in [5, 5.41) is 2.65. The van der Waals surface area contributed by atoms with Crippen LogP contribution in [0.2, 0.25) is 0 Å². The SMILES string of the molecule is CNC(=O)C1CCCN(C(=O)OC2CCCC2)C1. The minimum absolute atomic E-state index is 0.0216. The second-order valence-electron chi connectivity index (χ2n) is 5.19. The van der Waals surface area contributed by atoms with E-state index in [9.17, 15) is 9.59 Å². The zero-order chi connectivity index (χ0) is 13.0. The van der Waals surface area contributed by atoms with Crippen LogP contribution in [0.3, 0.4) is 0 Å². The third-order valence-electron chi connectivity index (χ3n) is 3.87. The summed E-state index contributed by atoms with van der Waals surface area (Å²) < 4.78 is 5.47. The van der Waals surface area contributed by atoms with E-state index in [0.717, 1.165) is 38.5 Å². The van der Waals surface area contributed by atoms with Crippen molar-refractivity contribution >= 4 is 12.0 Å². The van der Waals surface area contributed by atoms with Crippen LogP contribution in [0.1, 0.15) is 38.5 Å². The molecule has 1 saturated carbocycles. The Morgan fingerprint density at radius 2 is 1.89 bits per heavy atom.